The van der Waals surface area contributed by atoms with Gasteiger partial charge in [-0.05, 0) is 54.1 Å². The standard InChI is InChI=1S/C81H51N7/c1-4-26-53(27-5-1)74-75(54-28-6-2-7-29-54)83-77(76(82-74)55-30-8-3-9-31-55)56-50-48-52(49-51-56)73-78(85-65-40-18-10-32-57(65)58-33-11-19-41-66(58)85)80(87-69-44-22-14-36-61(69)62-37-15-23-45-70(62)87)84-81(88-71-46-24-16-38-63(71)64-39-17-25-47-72(64)88)79(73)86-67-42-20-12-34-59(67)60-35-13-21-43-68(60)86/h1-51H. The van der Waals surface area contributed by atoms with Crippen molar-refractivity contribution in [2.75, 3.05) is 0 Å². The van der Waals surface area contributed by atoms with Crippen LogP contribution in [0.25, 0.3) is 166 Å². The lowest BCUT2D eigenvalue weighted by Crippen LogP contribution is -2.16. The molecule has 6 heterocycles. The Hall–Kier alpha value is -11.9. The lowest BCUT2D eigenvalue weighted by Gasteiger charge is -2.27. The molecule has 88 heavy (non-hydrogen) atoms. The molecule has 0 aliphatic rings. The normalized spacial score (nSPS) is 11.9. The maximum Gasteiger partial charge on any atom is 0.165 e. The van der Waals surface area contributed by atoms with Crippen molar-refractivity contribution >= 4 is 87.2 Å². The summed E-state index contributed by atoms with van der Waals surface area (Å²) in [4.78, 5) is 17.8. The summed E-state index contributed by atoms with van der Waals surface area (Å²) in [5.74, 6) is 1.57. The third-order valence-corrected chi connectivity index (χ3v) is 17.8. The molecule has 0 saturated carbocycles. The second kappa shape index (κ2) is 19.8. The van der Waals surface area contributed by atoms with Crippen molar-refractivity contribution in [2.45, 2.75) is 0 Å². The summed E-state index contributed by atoms with van der Waals surface area (Å²) in [7, 11) is 0. The summed E-state index contributed by atoms with van der Waals surface area (Å²) in [5.41, 5.74) is 19.5. The minimum Gasteiger partial charge on any atom is -0.305 e. The van der Waals surface area contributed by atoms with Gasteiger partial charge in [-0.1, -0.05) is 261 Å². The SMILES string of the molecule is c1ccc(-c2nc(-c3ccccc3)c(-c3ccc(-c4c(-n5c6ccccc6c6ccccc65)c(-n5c6ccccc6c6ccccc65)nc(-n5c6ccccc6c6ccccc65)c4-n4c5ccccc5c5ccccc54)cc3)nc2-c2ccccc2)cc1. The van der Waals surface area contributed by atoms with Gasteiger partial charge in [-0.15, -0.1) is 0 Å². The van der Waals surface area contributed by atoms with E-state index in [9.17, 15) is 0 Å². The predicted molar refractivity (Wildman–Crippen MR) is 364 cm³/mol. The Morgan fingerprint density at radius 3 is 0.636 bits per heavy atom. The molecule has 18 aromatic rings. The van der Waals surface area contributed by atoms with Gasteiger partial charge >= 0.3 is 0 Å². The van der Waals surface area contributed by atoms with Crippen LogP contribution in [0.5, 0.6) is 0 Å². The first-order chi connectivity index (χ1) is 43.7. The molecule has 0 radical (unpaired) electrons. The summed E-state index contributed by atoms with van der Waals surface area (Å²) < 4.78 is 9.85. The van der Waals surface area contributed by atoms with E-state index in [0.717, 1.165) is 166 Å². The Balaban J connectivity index is 1.05. The van der Waals surface area contributed by atoms with Crippen molar-refractivity contribution in [3.63, 3.8) is 0 Å². The van der Waals surface area contributed by atoms with Gasteiger partial charge in [0.25, 0.3) is 0 Å². The first kappa shape index (κ1) is 49.5. The largest absolute Gasteiger partial charge is 0.305 e. The summed E-state index contributed by atoms with van der Waals surface area (Å²) in [5, 5.41) is 9.19. The highest BCUT2D eigenvalue weighted by Gasteiger charge is 2.33. The third kappa shape index (κ3) is 7.47. The van der Waals surface area contributed by atoms with E-state index in [1.165, 1.54) is 0 Å². The molecule has 0 aliphatic heterocycles. The molecule has 0 bridgehead atoms. The van der Waals surface area contributed by atoms with Crippen LogP contribution in [0.2, 0.25) is 0 Å². The molecule has 7 nitrogen and oxygen atoms in total. The molecular weight excluding hydrogens is 1070 g/mol. The molecule has 0 unspecified atom stereocenters. The number of hydrogen-bond donors (Lipinski definition) is 0. The Bertz CT molecular complexity index is 5330. The molecule has 7 heteroatoms. The zero-order valence-corrected chi connectivity index (χ0v) is 47.6. The molecule has 0 amide bonds. The predicted octanol–water partition coefficient (Wildman–Crippen LogP) is 20.6. The van der Waals surface area contributed by atoms with Crippen LogP contribution >= 0.6 is 0 Å². The van der Waals surface area contributed by atoms with Gasteiger partial charge in [0.1, 0.15) is 11.4 Å². The van der Waals surface area contributed by atoms with E-state index in [1.807, 2.05) is 6.07 Å². The number of aromatic nitrogens is 7. The van der Waals surface area contributed by atoms with Crippen LogP contribution in [-0.2, 0) is 0 Å². The van der Waals surface area contributed by atoms with Crippen LogP contribution < -0.4 is 0 Å². The monoisotopic (exact) mass is 1120 g/mol. The molecule has 0 saturated heterocycles. The average Bonchev–Trinajstić information content (AvgIpc) is 1.51. The topological polar surface area (TPSA) is 58.4 Å². The van der Waals surface area contributed by atoms with Crippen molar-refractivity contribution in [1.29, 1.82) is 0 Å². The van der Waals surface area contributed by atoms with E-state index >= 15 is 0 Å². The Morgan fingerprint density at radius 1 is 0.170 bits per heavy atom. The van der Waals surface area contributed by atoms with Gasteiger partial charge in [0.2, 0.25) is 0 Å². The van der Waals surface area contributed by atoms with Crippen molar-refractivity contribution in [2.24, 2.45) is 0 Å². The van der Waals surface area contributed by atoms with Crippen LogP contribution in [0.4, 0.5) is 0 Å². The molecule has 18 rings (SSSR count). The molecule has 0 N–H and O–H groups in total. The molecule has 0 atom stereocenters. The maximum atomic E-state index is 6.43. The highest BCUT2D eigenvalue weighted by atomic mass is 15.2. The second-order valence-electron chi connectivity index (χ2n) is 22.6. The van der Waals surface area contributed by atoms with E-state index in [4.69, 9.17) is 15.0 Å². The van der Waals surface area contributed by atoms with Crippen LogP contribution in [0, 0.1) is 0 Å². The van der Waals surface area contributed by atoms with Gasteiger partial charge in [0, 0.05) is 70.9 Å². The zero-order valence-electron chi connectivity index (χ0n) is 47.6. The number of benzene rings is 12. The smallest absolute Gasteiger partial charge is 0.165 e. The number of fused-ring (bicyclic) bond motifs is 12. The van der Waals surface area contributed by atoms with Gasteiger partial charge in [0.15, 0.2) is 11.6 Å². The first-order valence-electron chi connectivity index (χ1n) is 29.9. The lowest BCUT2D eigenvalue weighted by atomic mass is 9.96. The maximum absolute atomic E-state index is 6.43. The molecule has 0 spiro atoms. The van der Waals surface area contributed by atoms with E-state index in [2.05, 4.69) is 322 Å². The molecule has 12 aromatic carbocycles. The summed E-state index contributed by atoms with van der Waals surface area (Å²) in [6.45, 7) is 0. The summed E-state index contributed by atoms with van der Waals surface area (Å²) in [6.07, 6.45) is 0. The Morgan fingerprint density at radius 2 is 0.375 bits per heavy atom. The fourth-order valence-electron chi connectivity index (χ4n) is 14.0. The highest BCUT2D eigenvalue weighted by molar-refractivity contribution is 6.16. The van der Waals surface area contributed by atoms with Crippen molar-refractivity contribution in [3.05, 3.63) is 309 Å². The van der Waals surface area contributed by atoms with Crippen molar-refractivity contribution < 1.29 is 0 Å². The van der Waals surface area contributed by atoms with E-state index < -0.39 is 0 Å². The van der Waals surface area contributed by atoms with E-state index in [-0.39, 0.29) is 0 Å². The van der Waals surface area contributed by atoms with Crippen LogP contribution in [-0.4, -0.2) is 33.2 Å². The number of pyridine rings is 1. The number of nitrogens with zero attached hydrogens (tertiary/aromatic N) is 7. The minimum atomic E-state index is 0.783. The summed E-state index contributed by atoms with van der Waals surface area (Å²) >= 11 is 0. The average molecular weight is 1120 g/mol. The molecular formula is C81H51N7. The molecule has 0 fully saturated rings. The molecule has 0 aliphatic carbocycles. The quantitative estimate of drug-likeness (QED) is 0.145. The van der Waals surface area contributed by atoms with Gasteiger partial charge in [0.05, 0.1) is 66.9 Å². The Labute approximate surface area is 506 Å². The highest BCUT2D eigenvalue weighted by Crippen LogP contribution is 2.49. The van der Waals surface area contributed by atoms with Crippen LogP contribution in [0.1, 0.15) is 0 Å². The molecule has 410 valence electrons. The van der Waals surface area contributed by atoms with Crippen LogP contribution in [0.3, 0.4) is 0 Å². The van der Waals surface area contributed by atoms with Gasteiger partial charge in [-0.3, -0.25) is 9.13 Å². The second-order valence-corrected chi connectivity index (χ2v) is 22.6. The van der Waals surface area contributed by atoms with Crippen LogP contribution in [0.15, 0.2) is 309 Å². The van der Waals surface area contributed by atoms with Gasteiger partial charge < -0.3 is 9.13 Å². The van der Waals surface area contributed by atoms with Gasteiger partial charge in [-0.25, -0.2) is 15.0 Å². The first-order valence-corrected chi connectivity index (χ1v) is 29.9. The fourth-order valence-corrected chi connectivity index (χ4v) is 14.0. The van der Waals surface area contributed by atoms with Crippen molar-refractivity contribution in [1.82, 2.24) is 33.2 Å². The third-order valence-electron chi connectivity index (χ3n) is 17.8. The zero-order chi connectivity index (χ0) is 57.8. The minimum absolute atomic E-state index is 0.783. The fraction of sp³-hybridized carbons (Fsp3) is 0. The number of hydrogen-bond acceptors (Lipinski definition) is 3. The van der Waals surface area contributed by atoms with E-state index in [0.29, 0.717) is 0 Å². The summed E-state index contributed by atoms with van der Waals surface area (Å²) in [6, 6.07) is 111. The van der Waals surface area contributed by atoms with Gasteiger partial charge in [-0.2, -0.15) is 0 Å². The van der Waals surface area contributed by atoms with E-state index in [1.54, 1.807) is 0 Å². The number of para-hydroxylation sites is 8. The molecule has 6 aromatic heterocycles. The lowest BCUT2D eigenvalue weighted by molar-refractivity contribution is 0.961. The number of rotatable bonds is 9. The van der Waals surface area contributed by atoms with Crippen molar-refractivity contribution in [3.8, 4) is 79.2 Å². The Kier molecular flexibility index (Phi) is 11.2.